The van der Waals surface area contributed by atoms with Gasteiger partial charge in [0, 0.05) is 50.8 Å². The lowest BCUT2D eigenvalue weighted by molar-refractivity contribution is 0.122. The molecule has 4 heterocycles. The Morgan fingerprint density at radius 3 is 2.45 bits per heavy atom. The van der Waals surface area contributed by atoms with Crippen LogP contribution in [0, 0.1) is 0 Å². The van der Waals surface area contributed by atoms with E-state index in [9.17, 15) is 4.79 Å². The number of benzene rings is 1. The lowest BCUT2D eigenvalue weighted by Crippen LogP contribution is -2.38. The Morgan fingerprint density at radius 2 is 1.73 bits per heavy atom. The maximum absolute atomic E-state index is 12.9. The van der Waals surface area contributed by atoms with E-state index in [1.54, 1.807) is 42.4 Å². The number of nitrogens with zero attached hydrogens (tertiary/aromatic N) is 7. The average Bonchev–Trinajstić information content (AvgIpc) is 3.37. The highest BCUT2D eigenvalue weighted by molar-refractivity contribution is 6.02. The van der Waals surface area contributed by atoms with Crippen LogP contribution in [0.1, 0.15) is 0 Å². The Balaban J connectivity index is 1.41. The second-order valence-electron chi connectivity index (χ2n) is 7.86. The zero-order chi connectivity index (χ0) is 22.8. The summed E-state index contributed by atoms with van der Waals surface area (Å²) in [7, 11) is 3.49. The summed E-state index contributed by atoms with van der Waals surface area (Å²) < 4.78 is 7.36. The van der Waals surface area contributed by atoms with Crippen molar-refractivity contribution in [3.05, 3.63) is 67.1 Å². The van der Waals surface area contributed by atoms with Gasteiger partial charge in [-0.15, -0.1) is 5.10 Å². The molecular weight excluding hydrogens is 418 g/mol. The second-order valence-corrected chi connectivity index (χ2v) is 7.86. The van der Waals surface area contributed by atoms with Crippen LogP contribution >= 0.6 is 0 Å². The SMILES string of the molecule is CN(C(=O)N(C)c1cccnc1)c1ccc(-c2nc(N3CCOCC3)c3cccn3n2)cc1. The van der Waals surface area contributed by atoms with Crippen molar-refractivity contribution in [3.63, 3.8) is 0 Å². The molecule has 0 aliphatic carbocycles. The molecule has 0 bridgehead atoms. The first-order chi connectivity index (χ1) is 16.1. The van der Waals surface area contributed by atoms with E-state index in [2.05, 4.69) is 9.88 Å². The van der Waals surface area contributed by atoms with E-state index < -0.39 is 0 Å². The van der Waals surface area contributed by atoms with Gasteiger partial charge in [0.15, 0.2) is 11.6 Å². The van der Waals surface area contributed by atoms with E-state index in [1.807, 2.05) is 53.2 Å². The minimum Gasteiger partial charge on any atom is -0.378 e. The molecule has 0 spiro atoms. The predicted molar refractivity (Wildman–Crippen MR) is 128 cm³/mol. The van der Waals surface area contributed by atoms with Crippen LogP contribution in [-0.4, -0.2) is 66.0 Å². The summed E-state index contributed by atoms with van der Waals surface area (Å²) in [6, 6.07) is 15.2. The fourth-order valence-corrected chi connectivity index (χ4v) is 3.88. The molecule has 168 valence electrons. The number of fused-ring (bicyclic) bond motifs is 1. The van der Waals surface area contributed by atoms with E-state index in [0.717, 1.165) is 41.4 Å². The van der Waals surface area contributed by atoms with Crippen LogP contribution in [0.25, 0.3) is 16.9 Å². The summed E-state index contributed by atoms with van der Waals surface area (Å²) in [6.45, 7) is 2.98. The summed E-state index contributed by atoms with van der Waals surface area (Å²) in [5.41, 5.74) is 3.36. The quantitative estimate of drug-likeness (QED) is 0.482. The molecule has 9 heteroatoms. The lowest BCUT2D eigenvalue weighted by atomic mass is 10.2. The summed E-state index contributed by atoms with van der Waals surface area (Å²) in [4.78, 5) is 27.3. The van der Waals surface area contributed by atoms with Crippen LogP contribution in [0.4, 0.5) is 22.0 Å². The molecule has 0 radical (unpaired) electrons. The maximum atomic E-state index is 12.9. The highest BCUT2D eigenvalue weighted by Gasteiger charge is 2.20. The number of urea groups is 1. The third-order valence-electron chi connectivity index (χ3n) is 5.80. The van der Waals surface area contributed by atoms with Crippen molar-refractivity contribution in [2.75, 3.05) is 55.1 Å². The standard InChI is InChI=1S/C24H25N7O2/c1-28(24(32)29(2)20-5-3-11-25-17-20)19-9-7-18(8-10-19)22-26-23(30-13-15-33-16-14-30)21-6-4-12-31(21)27-22/h3-12,17H,13-16H2,1-2H3. The molecule has 4 aromatic rings. The molecule has 0 saturated carbocycles. The summed E-state index contributed by atoms with van der Waals surface area (Å²) in [5.74, 6) is 1.54. The van der Waals surface area contributed by atoms with Crippen molar-refractivity contribution in [1.29, 1.82) is 0 Å². The molecule has 0 unspecified atom stereocenters. The summed E-state index contributed by atoms with van der Waals surface area (Å²) >= 11 is 0. The van der Waals surface area contributed by atoms with E-state index in [0.29, 0.717) is 19.0 Å². The van der Waals surface area contributed by atoms with E-state index in [1.165, 1.54) is 0 Å². The molecule has 1 aliphatic heterocycles. The zero-order valence-electron chi connectivity index (χ0n) is 18.6. The van der Waals surface area contributed by atoms with Gasteiger partial charge in [-0.2, -0.15) is 0 Å². The predicted octanol–water partition coefficient (Wildman–Crippen LogP) is 3.32. The molecule has 5 rings (SSSR count). The fourth-order valence-electron chi connectivity index (χ4n) is 3.88. The fraction of sp³-hybridized carbons (Fsp3) is 0.250. The van der Waals surface area contributed by atoms with Crippen LogP contribution in [-0.2, 0) is 4.74 Å². The van der Waals surface area contributed by atoms with Crippen molar-refractivity contribution < 1.29 is 9.53 Å². The van der Waals surface area contributed by atoms with Crippen molar-refractivity contribution in [2.45, 2.75) is 0 Å². The molecule has 2 amide bonds. The first-order valence-electron chi connectivity index (χ1n) is 10.8. The maximum Gasteiger partial charge on any atom is 0.328 e. The van der Waals surface area contributed by atoms with Gasteiger partial charge in [0.1, 0.15) is 5.52 Å². The minimum absolute atomic E-state index is 0.157. The van der Waals surface area contributed by atoms with E-state index >= 15 is 0 Å². The van der Waals surface area contributed by atoms with Gasteiger partial charge >= 0.3 is 6.03 Å². The van der Waals surface area contributed by atoms with Crippen molar-refractivity contribution in [3.8, 4) is 11.4 Å². The Morgan fingerprint density at radius 1 is 0.970 bits per heavy atom. The number of hydrogen-bond donors (Lipinski definition) is 0. The Labute approximate surface area is 191 Å². The monoisotopic (exact) mass is 443 g/mol. The molecule has 33 heavy (non-hydrogen) atoms. The van der Waals surface area contributed by atoms with Crippen molar-refractivity contribution >= 4 is 28.7 Å². The van der Waals surface area contributed by atoms with Gasteiger partial charge in [-0.3, -0.25) is 14.8 Å². The lowest BCUT2D eigenvalue weighted by Gasteiger charge is -2.28. The minimum atomic E-state index is -0.157. The Hall–Kier alpha value is -3.98. The molecule has 0 N–H and O–H groups in total. The number of rotatable bonds is 4. The van der Waals surface area contributed by atoms with Crippen LogP contribution < -0.4 is 14.7 Å². The highest BCUT2D eigenvalue weighted by Crippen LogP contribution is 2.26. The third-order valence-corrected chi connectivity index (χ3v) is 5.80. The first-order valence-corrected chi connectivity index (χ1v) is 10.8. The van der Waals surface area contributed by atoms with E-state index in [4.69, 9.17) is 14.8 Å². The van der Waals surface area contributed by atoms with Gasteiger partial charge in [-0.1, -0.05) is 0 Å². The van der Waals surface area contributed by atoms with Gasteiger partial charge < -0.3 is 9.64 Å². The molecular formula is C24H25N7O2. The normalized spacial score (nSPS) is 13.8. The Bertz CT molecular complexity index is 1250. The number of ether oxygens (including phenoxy) is 1. The van der Waals surface area contributed by atoms with Gasteiger partial charge in [0.05, 0.1) is 25.1 Å². The number of pyridine rings is 1. The molecule has 3 aromatic heterocycles. The van der Waals surface area contributed by atoms with Gasteiger partial charge in [-0.25, -0.2) is 14.3 Å². The van der Waals surface area contributed by atoms with Gasteiger partial charge in [-0.05, 0) is 48.5 Å². The van der Waals surface area contributed by atoms with Crippen LogP contribution in [0.15, 0.2) is 67.1 Å². The van der Waals surface area contributed by atoms with E-state index in [-0.39, 0.29) is 6.03 Å². The number of morpholine rings is 1. The number of carbonyl (C=O) groups is 1. The average molecular weight is 444 g/mol. The Kier molecular flexibility index (Phi) is 5.62. The molecule has 1 aliphatic rings. The van der Waals surface area contributed by atoms with Crippen LogP contribution in [0.5, 0.6) is 0 Å². The molecule has 1 saturated heterocycles. The van der Waals surface area contributed by atoms with Gasteiger partial charge in [0.25, 0.3) is 0 Å². The highest BCUT2D eigenvalue weighted by atomic mass is 16.5. The summed E-state index contributed by atoms with van der Waals surface area (Å²) in [5, 5.41) is 4.69. The van der Waals surface area contributed by atoms with Crippen LogP contribution in [0.3, 0.4) is 0 Å². The van der Waals surface area contributed by atoms with Crippen molar-refractivity contribution in [2.24, 2.45) is 0 Å². The second kappa shape index (κ2) is 8.87. The number of aromatic nitrogens is 4. The molecule has 1 fully saturated rings. The van der Waals surface area contributed by atoms with Crippen molar-refractivity contribution in [1.82, 2.24) is 19.6 Å². The largest absolute Gasteiger partial charge is 0.378 e. The third kappa shape index (κ3) is 4.10. The molecule has 0 atom stereocenters. The number of carbonyl (C=O) groups excluding carboxylic acids is 1. The molecule has 9 nitrogen and oxygen atoms in total. The topological polar surface area (TPSA) is 79.1 Å². The number of hydrogen-bond acceptors (Lipinski definition) is 6. The zero-order valence-corrected chi connectivity index (χ0v) is 18.6. The number of anilines is 3. The molecule has 1 aromatic carbocycles. The smallest absolute Gasteiger partial charge is 0.328 e. The summed E-state index contributed by atoms with van der Waals surface area (Å²) in [6.07, 6.45) is 5.27. The van der Waals surface area contributed by atoms with Gasteiger partial charge in [0.2, 0.25) is 0 Å². The number of amides is 2. The first kappa shape index (κ1) is 20.9. The van der Waals surface area contributed by atoms with Crippen LogP contribution in [0.2, 0.25) is 0 Å².